The van der Waals surface area contributed by atoms with Crippen LogP contribution in [-0.4, -0.2) is 4.98 Å². The summed E-state index contributed by atoms with van der Waals surface area (Å²) in [5, 5.41) is 0. The summed E-state index contributed by atoms with van der Waals surface area (Å²) in [6.07, 6.45) is 8.48. The molecule has 3 aromatic rings. The van der Waals surface area contributed by atoms with E-state index in [1.54, 1.807) is 6.07 Å². The van der Waals surface area contributed by atoms with Crippen LogP contribution in [0, 0.1) is 5.82 Å². The van der Waals surface area contributed by atoms with Gasteiger partial charge in [-0.3, -0.25) is 4.98 Å². The molecule has 0 radical (unpaired) electrons. The van der Waals surface area contributed by atoms with Crippen molar-refractivity contribution in [3.63, 3.8) is 0 Å². The minimum atomic E-state index is -0.140. The van der Waals surface area contributed by atoms with Crippen molar-refractivity contribution in [3.8, 4) is 22.3 Å². The highest BCUT2D eigenvalue weighted by molar-refractivity contribution is 5.70. The van der Waals surface area contributed by atoms with Crippen LogP contribution in [0.3, 0.4) is 0 Å². The lowest BCUT2D eigenvalue weighted by molar-refractivity contribution is 0.627. The molecule has 0 bridgehead atoms. The van der Waals surface area contributed by atoms with Crippen LogP contribution in [0.5, 0.6) is 0 Å². The van der Waals surface area contributed by atoms with Crippen molar-refractivity contribution >= 4 is 0 Å². The predicted octanol–water partition coefficient (Wildman–Crippen LogP) is 7.24. The molecular formula is C25H28FN. The van der Waals surface area contributed by atoms with Crippen molar-refractivity contribution in [2.24, 2.45) is 0 Å². The summed E-state index contributed by atoms with van der Waals surface area (Å²) in [4.78, 5) is 4.56. The summed E-state index contributed by atoms with van der Waals surface area (Å²) in [5.74, 6) is -0.140. The van der Waals surface area contributed by atoms with Gasteiger partial charge < -0.3 is 0 Å². The topological polar surface area (TPSA) is 12.9 Å². The first-order valence-corrected chi connectivity index (χ1v) is 10.1. The summed E-state index contributed by atoms with van der Waals surface area (Å²) < 4.78 is 14.5. The van der Waals surface area contributed by atoms with Crippen molar-refractivity contribution < 1.29 is 4.39 Å². The largest absolute Gasteiger partial charge is 0.261 e. The minimum Gasteiger partial charge on any atom is -0.261 e. The van der Waals surface area contributed by atoms with E-state index in [1.165, 1.54) is 12.8 Å². The number of unbranched alkanes of at least 4 members (excludes halogenated alkanes) is 2. The fourth-order valence-electron chi connectivity index (χ4n) is 3.27. The van der Waals surface area contributed by atoms with Gasteiger partial charge in [0.15, 0.2) is 0 Å². The van der Waals surface area contributed by atoms with Gasteiger partial charge in [-0.1, -0.05) is 69.2 Å². The van der Waals surface area contributed by atoms with Crippen LogP contribution in [0.25, 0.3) is 22.3 Å². The van der Waals surface area contributed by atoms with E-state index >= 15 is 0 Å². The van der Waals surface area contributed by atoms with Crippen molar-refractivity contribution in [1.82, 2.24) is 4.98 Å². The van der Waals surface area contributed by atoms with E-state index in [2.05, 4.69) is 31.0 Å². The van der Waals surface area contributed by atoms with Crippen LogP contribution in [0.15, 0.2) is 60.8 Å². The molecular weight excluding hydrogens is 333 g/mol. The molecule has 0 aliphatic heterocycles. The van der Waals surface area contributed by atoms with Crippen LogP contribution < -0.4 is 0 Å². The Bertz CT molecular complexity index is 850. The van der Waals surface area contributed by atoms with Crippen LogP contribution in [-0.2, 0) is 12.8 Å². The molecule has 2 heteroatoms. The fourth-order valence-corrected chi connectivity index (χ4v) is 3.27. The minimum absolute atomic E-state index is 0.140. The maximum absolute atomic E-state index is 14.5. The number of rotatable bonds is 8. The predicted molar refractivity (Wildman–Crippen MR) is 112 cm³/mol. The Morgan fingerprint density at radius 3 is 2.04 bits per heavy atom. The van der Waals surface area contributed by atoms with E-state index in [0.717, 1.165) is 53.6 Å². The normalized spacial score (nSPS) is 10.9. The van der Waals surface area contributed by atoms with E-state index in [9.17, 15) is 4.39 Å². The molecule has 1 aromatic heterocycles. The number of halogens is 1. The maximum Gasteiger partial charge on any atom is 0.131 e. The number of nitrogens with zero attached hydrogens (tertiary/aromatic N) is 1. The number of aryl methyl sites for hydroxylation is 2. The highest BCUT2D eigenvalue weighted by Gasteiger charge is 2.07. The summed E-state index contributed by atoms with van der Waals surface area (Å²) in [6.45, 7) is 4.35. The molecule has 0 spiro atoms. The molecule has 0 amide bonds. The average molecular weight is 362 g/mol. The molecule has 1 heterocycles. The Labute approximate surface area is 162 Å². The third-order valence-corrected chi connectivity index (χ3v) is 4.99. The number of aromatic nitrogens is 1. The second-order valence-corrected chi connectivity index (χ2v) is 7.14. The molecule has 0 aliphatic rings. The molecule has 0 fully saturated rings. The van der Waals surface area contributed by atoms with Gasteiger partial charge in [0, 0.05) is 23.0 Å². The van der Waals surface area contributed by atoms with Gasteiger partial charge in [-0.05, 0) is 54.5 Å². The Balaban J connectivity index is 1.75. The molecule has 0 saturated carbocycles. The molecule has 0 atom stereocenters. The SMILES string of the molecule is CCCCc1ccc(-c2ccc(-c3ccc(CCCC)nc3)cc2)c(F)c1. The number of pyridine rings is 1. The second kappa shape index (κ2) is 9.45. The summed E-state index contributed by atoms with van der Waals surface area (Å²) in [6, 6.07) is 17.9. The summed E-state index contributed by atoms with van der Waals surface area (Å²) in [5.41, 5.74) is 5.98. The summed E-state index contributed by atoms with van der Waals surface area (Å²) in [7, 11) is 0. The quantitative estimate of drug-likeness (QED) is 0.412. The second-order valence-electron chi connectivity index (χ2n) is 7.14. The highest BCUT2D eigenvalue weighted by Crippen LogP contribution is 2.27. The first-order valence-electron chi connectivity index (χ1n) is 10.1. The van der Waals surface area contributed by atoms with Crippen LogP contribution in [0.1, 0.15) is 50.8 Å². The third kappa shape index (κ3) is 5.03. The van der Waals surface area contributed by atoms with Crippen molar-refractivity contribution in [2.75, 3.05) is 0 Å². The zero-order valence-electron chi connectivity index (χ0n) is 16.3. The lowest BCUT2D eigenvalue weighted by atomic mass is 9.98. The zero-order valence-corrected chi connectivity index (χ0v) is 16.3. The van der Waals surface area contributed by atoms with Crippen molar-refractivity contribution in [1.29, 1.82) is 0 Å². The number of benzene rings is 2. The smallest absolute Gasteiger partial charge is 0.131 e. The highest BCUT2D eigenvalue weighted by atomic mass is 19.1. The van der Waals surface area contributed by atoms with Crippen molar-refractivity contribution in [3.05, 3.63) is 77.9 Å². The van der Waals surface area contributed by atoms with E-state index in [4.69, 9.17) is 0 Å². The molecule has 2 aromatic carbocycles. The standard InChI is InChI=1S/C25H28FN/c1-3-5-7-19-9-16-24(25(26)17-19)21-12-10-20(11-13-21)22-14-15-23(27-18-22)8-6-4-2/h9-18H,3-8H2,1-2H3. The van der Waals surface area contributed by atoms with Gasteiger partial charge in [-0.15, -0.1) is 0 Å². The first-order chi connectivity index (χ1) is 13.2. The van der Waals surface area contributed by atoms with Crippen LogP contribution in [0.4, 0.5) is 4.39 Å². The molecule has 27 heavy (non-hydrogen) atoms. The van der Waals surface area contributed by atoms with E-state index < -0.39 is 0 Å². The molecule has 0 unspecified atom stereocenters. The maximum atomic E-state index is 14.5. The van der Waals surface area contributed by atoms with E-state index in [0.29, 0.717) is 5.56 Å². The van der Waals surface area contributed by atoms with Gasteiger partial charge in [-0.25, -0.2) is 4.39 Å². The lowest BCUT2D eigenvalue weighted by Gasteiger charge is -2.08. The molecule has 140 valence electrons. The molecule has 0 aliphatic carbocycles. The number of hydrogen-bond donors (Lipinski definition) is 0. The molecule has 3 rings (SSSR count). The third-order valence-electron chi connectivity index (χ3n) is 4.99. The monoisotopic (exact) mass is 361 g/mol. The van der Waals surface area contributed by atoms with Gasteiger partial charge in [-0.2, -0.15) is 0 Å². The Morgan fingerprint density at radius 2 is 1.41 bits per heavy atom. The summed E-state index contributed by atoms with van der Waals surface area (Å²) >= 11 is 0. The number of hydrogen-bond acceptors (Lipinski definition) is 1. The molecule has 1 nitrogen and oxygen atoms in total. The average Bonchev–Trinajstić information content (AvgIpc) is 2.71. The fraction of sp³-hybridized carbons (Fsp3) is 0.320. The Morgan fingerprint density at radius 1 is 0.741 bits per heavy atom. The van der Waals surface area contributed by atoms with Gasteiger partial charge in [0.25, 0.3) is 0 Å². The van der Waals surface area contributed by atoms with Crippen LogP contribution in [0.2, 0.25) is 0 Å². The Hall–Kier alpha value is -2.48. The zero-order chi connectivity index (χ0) is 19.1. The van der Waals surface area contributed by atoms with Crippen LogP contribution >= 0.6 is 0 Å². The van der Waals surface area contributed by atoms with E-state index in [-0.39, 0.29) is 5.82 Å². The van der Waals surface area contributed by atoms with Crippen molar-refractivity contribution in [2.45, 2.75) is 52.4 Å². The van der Waals surface area contributed by atoms with Gasteiger partial charge >= 0.3 is 0 Å². The van der Waals surface area contributed by atoms with Gasteiger partial charge in [0.05, 0.1) is 0 Å². The molecule has 0 N–H and O–H groups in total. The molecule has 0 saturated heterocycles. The Kier molecular flexibility index (Phi) is 6.75. The van der Waals surface area contributed by atoms with E-state index in [1.807, 2.05) is 42.6 Å². The first kappa shape index (κ1) is 19.3. The lowest BCUT2D eigenvalue weighted by Crippen LogP contribution is -1.91. The van der Waals surface area contributed by atoms with Gasteiger partial charge in [0.2, 0.25) is 0 Å². The van der Waals surface area contributed by atoms with Gasteiger partial charge in [0.1, 0.15) is 5.82 Å².